The van der Waals surface area contributed by atoms with Gasteiger partial charge in [-0.2, -0.15) is 9.97 Å². The summed E-state index contributed by atoms with van der Waals surface area (Å²) in [6.07, 6.45) is 1.02. The number of nitrogens with zero attached hydrogens (tertiary/aromatic N) is 4. The van der Waals surface area contributed by atoms with E-state index in [0.29, 0.717) is 22.9 Å². The van der Waals surface area contributed by atoms with Gasteiger partial charge in [-0.3, -0.25) is 4.98 Å². The van der Waals surface area contributed by atoms with E-state index >= 15 is 0 Å². The van der Waals surface area contributed by atoms with Crippen LogP contribution >= 0.6 is 0 Å². The fourth-order valence-corrected chi connectivity index (χ4v) is 2.74. The SMILES string of the molecule is CCN(CC)CCCNc1nc(N(CC)CC)nc2[nH]c(=O)[nH]c12. The lowest BCUT2D eigenvalue weighted by Crippen LogP contribution is -2.26. The summed E-state index contributed by atoms with van der Waals surface area (Å²) in [6.45, 7) is 14.1. The van der Waals surface area contributed by atoms with Crippen LogP contribution in [0.2, 0.25) is 0 Å². The third kappa shape index (κ3) is 4.25. The normalized spacial score (nSPS) is 11.4. The van der Waals surface area contributed by atoms with Crippen LogP contribution in [0.25, 0.3) is 11.2 Å². The highest BCUT2D eigenvalue weighted by molar-refractivity contribution is 5.83. The Morgan fingerprint density at radius 3 is 2.33 bits per heavy atom. The molecule has 8 nitrogen and oxygen atoms in total. The van der Waals surface area contributed by atoms with Gasteiger partial charge >= 0.3 is 5.69 Å². The zero-order valence-electron chi connectivity index (χ0n) is 15.1. The van der Waals surface area contributed by atoms with Crippen molar-refractivity contribution in [2.24, 2.45) is 0 Å². The van der Waals surface area contributed by atoms with Crippen LogP contribution in [0, 0.1) is 0 Å². The van der Waals surface area contributed by atoms with Crippen LogP contribution in [0.1, 0.15) is 34.1 Å². The monoisotopic (exact) mass is 335 g/mol. The summed E-state index contributed by atoms with van der Waals surface area (Å²) in [6, 6.07) is 0. The van der Waals surface area contributed by atoms with Crippen LogP contribution in [0.4, 0.5) is 11.8 Å². The van der Waals surface area contributed by atoms with Gasteiger partial charge in [0.2, 0.25) is 5.95 Å². The van der Waals surface area contributed by atoms with Crippen molar-refractivity contribution >= 4 is 22.9 Å². The van der Waals surface area contributed by atoms with Gasteiger partial charge in [0, 0.05) is 19.6 Å². The van der Waals surface area contributed by atoms with Crippen molar-refractivity contribution in [2.75, 3.05) is 49.5 Å². The van der Waals surface area contributed by atoms with Gasteiger partial charge in [-0.15, -0.1) is 0 Å². The van der Waals surface area contributed by atoms with Crippen molar-refractivity contribution in [1.82, 2.24) is 24.8 Å². The molecule has 0 aromatic carbocycles. The zero-order chi connectivity index (χ0) is 17.5. The summed E-state index contributed by atoms with van der Waals surface area (Å²) >= 11 is 0. The number of rotatable bonds is 10. The summed E-state index contributed by atoms with van der Waals surface area (Å²) in [5.41, 5.74) is 0.920. The van der Waals surface area contributed by atoms with Crippen molar-refractivity contribution in [1.29, 1.82) is 0 Å². The number of anilines is 2. The standard InChI is InChI=1S/C16H29N7O/c1-5-22(6-2)11-9-10-17-13-12-14(21-16(24)18-12)20-15(19-13)23(7-3)8-4/h5-11H2,1-4H3,(H3,17,18,19,20,21,24). The number of fused-ring (bicyclic) bond motifs is 1. The number of imidazole rings is 1. The molecule has 0 saturated carbocycles. The average Bonchev–Trinajstić information content (AvgIpc) is 2.96. The second-order valence-electron chi connectivity index (χ2n) is 5.65. The molecular formula is C16H29N7O. The fourth-order valence-electron chi connectivity index (χ4n) is 2.74. The van der Waals surface area contributed by atoms with Crippen LogP contribution in [-0.4, -0.2) is 64.1 Å². The maximum Gasteiger partial charge on any atom is 0.325 e. The Kier molecular flexibility index (Phi) is 6.60. The molecule has 0 aliphatic carbocycles. The third-order valence-electron chi connectivity index (χ3n) is 4.25. The van der Waals surface area contributed by atoms with Crippen molar-refractivity contribution in [3.63, 3.8) is 0 Å². The molecule has 0 spiro atoms. The van der Waals surface area contributed by atoms with Gasteiger partial charge in [0.05, 0.1) is 0 Å². The van der Waals surface area contributed by atoms with Crippen LogP contribution in [0.3, 0.4) is 0 Å². The van der Waals surface area contributed by atoms with Gasteiger partial charge in [-0.1, -0.05) is 13.8 Å². The second-order valence-corrected chi connectivity index (χ2v) is 5.65. The van der Waals surface area contributed by atoms with Gasteiger partial charge in [0.1, 0.15) is 5.52 Å². The molecule has 0 unspecified atom stereocenters. The van der Waals surface area contributed by atoms with E-state index in [1.165, 1.54) is 0 Å². The molecule has 0 aliphatic heterocycles. The molecule has 24 heavy (non-hydrogen) atoms. The number of H-pyrrole nitrogens is 2. The van der Waals surface area contributed by atoms with E-state index in [2.05, 4.69) is 62.7 Å². The lowest BCUT2D eigenvalue weighted by atomic mass is 10.3. The minimum absolute atomic E-state index is 0.262. The third-order valence-corrected chi connectivity index (χ3v) is 4.25. The van der Waals surface area contributed by atoms with E-state index in [1.54, 1.807) is 0 Å². The van der Waals surface area contributed by atoms with Crippen molar-refractivity contribution in [2.45, 2.75) is 34.1 Å². The smallest absolute Gasteiger partial charge is 0.325 e. The number of aromatic nitrogens is 4. The highest BCUT2D eigenvalue weighted by atomic mass is 16.1. The first-order chi connectivity index (χ1) is 11.6. The second kappa shape index (κ2) is 8.68. The average molecular weight is 335 g/mol. The highest BCUT2D eigenvalue weighted by Crippen LogP contribution is 2.19. The van der Waals surface area contributed by atoms with Crippen molar-refractivity contribution < 1.29 is 0 Å². The van der Waals surface area contributed by atoms with E-state index < -0.39 is 0 Å². The molecule has 0 aliphatic rings. The maximum atomic E-state index is 11.6. The lowest BCUT2D eigenvalue weighted by Gasteiger charge is -2.20. The summed E-state index contributed by atoms with van der Waals surface area (Å²) in [4.78, 5) is 30.7. The van der Waals surface area contributed by atoms with E-state index in [4.69, 9.17) is 0 Å². The lowest BCUT2D eigenvalue weighted by molar-refractivity contribution is 0.303. The quantitative estimate of drug-likeness (QED) is 0.572. The Balaban J connectivity index is 2.16. The van der Waals surface area contributed by atoms with Crippen molar-refractivity contribution in [3.8, 4) is 0 Å². The molecular weight excluding hydrogens is 306 g/mol. The predicted molar refractivity (Wildman–Crippen MR) is 99.0 cm³/mol. The molecule has 3 N–H and O–H groups in total. The minimum Gasteiger partial charge on any atom is -0.368 e. The topological polar surface area (TPSA) is 92.9 Å². The number of hydrogen-bond donors (Lipinski definition) is 3. The molecule has 2 heterocycles. The zero-order valence-corrected chi connectivity index (χ0v) is 15.1. The number of hydrogen-bond acceptors (Lipinski definition) is 6. The van der Waals surface area contributed by atoms with Crippen molar-refractivity contribution in [3.05, 3.63) is 10.5 Å². The molecule has 0 atom stereocenters. The first-order valence-electron chi connectivity index (χ1n) is 8.84. The van der Waals surface area contributed by atoms with Crippen LogP contribution < -0.4 is 15.9 Å². The Labute approximate surface area is 142 Å². The Morgan fingerprint density at radius 1 is 1.00 bits per heavy atom. The maximum absolute atomic E-state index is 11.6. The molecule has 2 aromatic rings. The molecule has 0 bridgehead atoms. The van der Waals surface area contributed by atoms with Gasteiger partial charge in [0.15, 0.2) is 11.5 Å². The van der Waals surface area contributed by atoms with Gasteiger partial charge in [-0.25, -0.2) is 4.79 Å². The number of nitrogens with one attached hydrogen (secondary N) is 3. The molecule has 0 saturated heterocycles. The Bertz CT molecular complexity index is 685. The molecule has 8 heteroatoms. The summed E-state index contributed by atoms with van der Waals surface area (Å²) in [5.74, 6) is 1.31. The van der Waals surface area contributed by atoms with Crippen LogP contribution in [-0.2, 0) is 0 Å². The molecule has 134 valence electrons. The first kappa shape index (κ1) is 18.3. The predicted octanol–water partition coefficient (Wildman–Crippen LogP) is 1.64. The Morgan fingerprint density at radius 2 is 1.71 bits per heavy atom. The molecule has 0 radical (unpaired) electrons. The van der Waals surface area contributed by atoms with Gasteiger partial charge < -0.3 is 20.1 Å². The van der Waals surface area contributed by atoms with E-state index in [1.807, 2.05) is 0 Å². The largest absolute Gasteiger partial charge is 0.368 e. The molecule has 0 amide bonds. The van der Waals surface area contributed by atoms with Gasteiger partial charge in [-0.05, 0) is 39.9 Å². The minimum atomic E-state index is -0.262. The number of aromatic amines is 2. The van der Waals surface area contributed by atoms with E-state index in [9.17, 15) is 4.79 Å². The summed E-state index contributed by atoms with van der Waals surface area (Å²) < 4.78 is 0. The van der Waals surface area contributed by atoms with E-state index in [-0.39, 0.29) is 5.69 Å². The Hall–Kier alpha value is -2.09. The van der Waals surface area contributed by atoms with Gasteiger partial charge in [0.25, 0.3) is 0 Å². The molecule has 2 aromatic heterocycles. The first-order valence-corrected chi connectivity index (χ1v) is 8.84. The van der Waals surface area contributed by atoms with Crippen LogP contribution in [0.15, 0.2) is 4.79 Å². The summed E-state index contributed by atoms with van der Waals surface area (Å²) in [7, 11) is 0. The summed E-state index contributed by atoms with van der Waals surface area (Å²) in [5, 5.41) is 3.35. The molecule has 0 fully saturated rings. The molecule has 2 rings (SSSR count). The fraction of sp³-hybridized carbons (Fsp3) is 0.688. The van der Waals surface area contributed by atoms with Crippen LogP contribution in [0.5, 0.6) is 0 Å². The highest BCUT2D eigenvalue weighted by Gasteiger charge is 2.13. The van der Waals surface area contributed by atoms with E-state index in [0.717, 1.165) is 45.7 Å².